The van der Waals surface area contributed by atoms with Crippen molar-refractivity contribution in [2.24, 2.45) is 0 Å². The van der Waals surface area contributed by atoms with Gasteiger partial charge in [0.1, 0.15) is 0 Å². The van der Waals surface area contributed by atoms with E-state index in [-0.39, 0.29) is 0 Å². The smallest absolute Gasteiger partial charge is 0.0643 e. The highest BCUT2D eigenvalue weighted by atomic mass is 16.5. The van der Waals surface area contributed by atoms with E-state index in [9.17, 15) is 0 Å². The first-order chi connectivity index (χ1) is 15.1. The monoisotopic (exact) mass is 415 g/mol. The number of nitrogens with one attached hydrogen (secondary N) is 2. The number of nitrogens with zero attached hydrogens (tertiary/aromatic N) is 1. The summed E-state index contributed by atoms with van der Waals surface area (Å²) in [7, 11) is 0. The van der Waals surface area contributed by atoms with Gasteiger partial charge in [0.05, 0.1) is 24.9 Å². The molecule has 162 valence electrons. The van der Waals surface area contributed by atoms with Gasteiger partial charge in [-0.15, -0.1) is 0 Å². The average molecular weight is 416 g/mol. The molecule has 3 fully saturated rings. The van der Waals surface area contributed by atoms with Crippen LogP contribution in [0.2, 0.25) is 0 Å². The van der Waals surface area contributed by atoms with Gasteiger partial charge < -0.3 is 15.0 Å². The van der Waals surface area contributed by atoms with Gasteiger partial charge in [0.2, 0.25) is 0 Å². The fourth-order valence-electron chi connectivity index (χ4n) is 5.75. The summed E-state index contributed by atoms with van der Waals surface area (Å²) in [5.74, 6) is 1.39. The lowest BCUT2D eigenvalue weighted by atomic mass is 9.81. The number of aromatic amines is 1. The molecule has 3 heterocycles. The Morgan fingerprint density at radius 3 is 2.23 bits per heavy atom. The van der Waals surface area contributed by atoms with Gasteiger partial charge in [0.25, 0.3) is 0 Å². The van der Waals surface area contributed by atoms with Crippen molar-refractivity contribution in [2.45, 2.75) is 76.3 Å². The second-order valence-electron chi connectivity index (χ2n) is 10.1. The molecule has 0 amide bonds. The van der Waals surface area contributed by atoms with Crippen LogP contribution in [0.15, 0.2) is 30.3 Å². The van der Waals surface area contributed by atoms with Crippen LogP contribution in [0.5, 0.6) is 0 Å². The summed E-state index contributed by atoms with van der Waals surface area (Å²) in [6.07, 6.45) is 7.74. The number of benzene rings is 1. The van der Waals surface area contributed by atoms with E-state index in [0.29, 0.717) is 23.9 Å². The predicted molar refractivity (Wildman–Crippen MR) is 126 cm³/mol. The van der Waals surface area contributed by atoms with E-state index >= 15 is 0 Å². The van der Waals surface area contributed by atoms with Crippen LogP contribution in [0.1, 0.15) is 72.9 Å². The van der Waals surface area contributed by atoms with E-state index in [1.54, 1.807) is 0 Å². The standard InChI is InChI=1S/C27H33N3O/c1-16-11-21(12-17(2)28-16)27-26(19-3-4-19)24-10-7-20(13-25(24)30-27)18-5-8-22(9-6-18)29-23-14-31-15-23/h7,10-13,18-19,22-23,29-30H,3-6,8-9,14-15H2,1-2H3. The molecule has 1 aromatic carbocycles. The molecule has 4 nitrogen and oxygen atoms in total. The Morgan fingerprint density at radius 2 is 1.58 bits per heavy atom. The van der Waals surface area contributed by atoms with E-state index in [1.165, 1.54) is 71.8 Å². The molecule has 0 unspecified atom stereocenters. The maximum Gasteiger partial charge on any atom is 0.0643 e. The fourth-order valence-corrected chi connectivity index (χ4v) is 5.75. The molecular formula is C27H33N3O. The third-order valence-electron chi connectivity index (χ3n) is 7.53. The van der Waals surface area contributed by atoms with Crippen molar-refractivity contribution in [1.82, 2.24) is 15.3 Å². The molecule has 2 N–H and O–H groups in total. The van der Waals surface area contributed by atoms with Crippen LogP contribution in [-0.4, -0.2) is 35.3 Å². The zero-order valence-electron chi connectivity index (χ0n) is 18.7. The Bertz CT molecular complexity index is 1080. The van der Waals surface area contributed by atoms with Crippen LogP contribution >= 0.6 is 0 Å². The number of rotatable bonds is 5. The minimum Gasteiger partial charge on any atom is -0.378 e. The third-order valence-corrected chi connectivity index (χ3v) is 7.53. The molecule has 0 spiro atoms. The maximum absolute atomic E-state index is 5.32. The van der Waals surface area contributed by atoms with Crippen LogP contribution in [-0.2, 0) is 4.74 Å². The van der Waals surface area contributed by atoms with E-state index in [2.05, 4.69) is 59.5 Å². The van der Waals surface area contributed by atoms with Crippen LogP contribution in [0, 0.1) is 13.8 Å². The zero-order valence-corrected chi connectivity index (χ0v) is 18.7. The number of ether oxygens (including phenoxy) is 1. The molecule has 2 aromatic heterocycles. The number of aromatic nitrogens is 2. The van der Waals surface area contributed by atoms with Crippen LogP contribution < -0.4 is 5.32 Å². The van der Waals surface area contributed by atoms with Crippen LogP contribution in [0.4, 0.5) is 0 Å². The molecule has 3 aliphatic rings. The molecule has 2 saturated carbocycles. The highest BCUT2D eigenvalue weighted by molar-refractivity contribution is 5.92. The molecule has 0 radical (unpaired) electrons. The third kappa shape index (κ3) is 3.81. The van der Waals surface area contributed by atoms with E-state index < -0.39 is 0 Å². The lowest BCUT2D eigenvalue weighted by molar-refractivity contribution is -0.0121. The molecule has 1 aliphatic heterocycles. The van der Waals surface area contributed by atoms with Gasteiger partial charge in [-0.3, -0.25) is 4.98 Å². The largest absolute Gasteiger partial charge is 0.378 e. The molecule has 3 aromatic rings. The van der Waals surface area contributed by atoms with Gasteiger partial charge in [0, 0.05) is 33.9 Å². The normalized spacial score (nSPS) is 24.5. The summed E-state index contributed by atoms with van der Waals surface area (Å²) in [5.41, 5.74) is 9.14. The summed E-state index contributed by atoms with van der Waals surface area (Å²) in [5, 5.41) is 5.20. The van der Waals surface area contributed by atoms with Crippen molar-refractivity contribution in [1.29, 1.82) is 0 Å². The Labute approximate surface area is 184 Å². The van der Waals surface area contributed by atoms with E-state index in [4.69, 9.17) is 4.74 Å². The number of hydrogen-bond donors (Lipinski definition) is 2. The lowest BCUT2D eigenvalue weighted by Crippen LogP contribution is -2.51. The Kier molecular flexibility index (Phi) is 4.88. The summed E-state index contributed by atoms with van der Waals surface area (Å²) in [4.78, 5) is 8.42. The van der Waals surface area contributed by atoms with Gasteiger partial charge in [-0.1, -0.05) is 12.1 Å². The van der Waals surface area contributed by atoms with Crippen LogP contribution in [0.25, 0.3) is 22.2 Å². The minimum absolute atomic E-state index is 0.594. The van der Waals surface area contributed by atoms with Crippen molar-refractivity contribution in [3.8, 4) is 11.3 Å². The zero-order chi connectivity index (χ0) is 20.9. The Morgan fingerprint density at radius 1 is 0.871 bits per heavy atom. The molecule has 4 heteroatoms. The Balaban J connectivity index is 1.28. The van der Waals surface area contributed by atoms with Gasteiger partial charge in [-0.05, 0) is 93.5 Å². The fraction of sp³-hybridized carbons (Fsp3) is 0.519. The summed E-state index contributed by atoms with van der Waals surface area (Å²) in [6.45, 7) is 5.98. The van der Waals surface area contributed by atoms with Crippen molar-refractivity contribution in [2.75, 3.05) is 13.2 Å². The second kappa shape index (κ2) is 7.75. The van der Waals surface area contributed by atoms with Gasteiger partial charge in [-0.25, -0.2) is 0 Å². The highest BCUT2D eigenvalue weighted by Crippen LogP contribution is 2.48. The number of pyridine rings is 1. The number of aryl methyl sites for hydroxylation is 2. The minimum atomic E-state index is 0.594. The average Bonchev–Trinajstić information content (AvgIpc) is 3.49. The molecular weight excluding hydrogens is 382 g/mol. The molecule has 31 heavy (non-hydrogen) atoms. The van der Waals surface area contributed by atoms with E-state index in [0.717, 1.165) is 24.6 Å². The first kappa shape index (κ1) is 19.5. The quantitative estimate of drug-likeness (QED) is 0.559. The van der Waals surface area contributed by atoms with Crippen molar-refractivity contribution < 1.29 is 4.74 Å². The maximum atomic E-state index is 5.32. The van der Waals surface area contributed by atoms with Crippen molar-refractivity contribution in [3.63, 3.8) is 0 Å². The SMILES string of the molecule is Cc1cc(-c2[nH]c3cc(C4CCC(NC5COC5)CC4)ccc3c2C2CC2)cc(C)n1. The summed E-state index contributed by atoms with van der Waals surface area (Å²) >= 11 is 0. The van der Waals surface area contributed by atoms with Gasteiger partial charge in [0.15, 0.2) is 0 Å². The molecule has 0 bridgehead atoms. The second-order valence-corrected chi connectivity index (χ2v) is 10.1. The number of fused-ring (bicyclic) bond motifs is 1. The first-order valence-corrected chi connectivity index (χ1v) is 12.1. The van der Waals surface area contributed by atoms with Gasteiger partial charge >= 0.3 is 0 Å². The topological polar surface area (TPSA) is 49.9 Å². The Hall–Kier alpha value is -2.17. The van der Waals surface area contributed by atoms with Crippen LogP contribution in [0.3, 0.4) is 0 Å². The molecule has 1 saturated heterocycles. The summed E-state index contributed by atoms with van der Waals surface area (Å²) < 4.78 is 5.32. The predicted octanol–water partition coefficient (Wildman–Crippen LogP) is 5.74. The molecule has 2 aliphatic carbocycles. The van der Waals surface area contributed by atoms with Crippen molar-refractivity contribution >= 4 is 10.9 Å². The van der Waals surface area contributed by atoms with E-state index in [1.807, 2.05) is 0 Å². The number of H-pyrrole nitrogens is 1. The number of hydrogen-bond acceptors (Lipinski definition) is 3. The highest BCUT2D eigenvalue weighted by Gasteiger charge is 2.31. The molecule has 0 atom stereocenters. The van der Waals surface area contributed by atoms with Gasteiger partial charge in [-0.2, -0.15) is 0 Å². The summed E-state index contributed by atoms with van der Waals surface area (Å²) in [6, 6.07) is 13.0. The van der Waals surface area contributed by atoms with Crippen molar-refractivity contribution in [3.05, 3.63) is 52.8 Å². The first-order valence-electron chi connectivity index (χ1n) is 12.1. The lowest BCUT2D eigenvalue weighted by Gasteiger charge is -2.35. The molecule has 6 rings (SSSR count).